The van der Waals surface area contributed by atoms with Gasteiger partial charge in [-0.15, -0.1) is 11.3 Å². The third-order valence-corrected chi connectivity index (χ3v) is 6.78. The molecule has 2 aromatic rings. The summed E-state index contributed by atoms with van der Waals surface area (Å²) in [5.74, 6) is -0.398. The van der Waals surface area contributed by atoms with Crippen LogP contribution in [-0.4, -0.2) is 39.9 Å². The van der Waals surface area contributed by atoms with Crippen molar-refractivity contribution < 1.29 is 19.0 Å². The van der Waals surface area contributed by atoms with E-state index in [9.17, 15) is 14.3 Å². The number of aliphatic hydroxyl groups is 1. The third-order valence-electron chi connectivity index (χ3n) is 5.40. The molecule has 2 bridgehead atoms. The van der Waals surface area contributed by atoms with Crippen LogP contribution >= 0.6 is 22.9 Å². The topological polar surface area (TPSA) is 83.5 Å². The molecule has 1 unspecified atom stereocenters. The van der Waals surface area contributed by atoms with E-state index >= 15 is 0 Å². The minimum Gasteiger partial charge on any atom is -0.489 e. The van der Waals surface area contributed by atoms with Crippen LogP contribution in [0, 0.1) is 19.7 Å². The number of nitrogens with zero attached hydrogens (tertiary/aromatic N) is 1. The highest BCUT2D eigenvalue weighted by molar-refractivity contribution is 7.13. The number of halogens is 2. The lowest BCUT2D eigenvalue weighted by molar-refractivity contribution is -0.127. The molecule has 1 heterocycles. The van der Waals surface area contributed by atoms with Crippen molar-refractivity contribution in [3.8, 4) is 5.75 Å². The number of rotatable bonds is 7. The molecule has 3 N–H and O–H groups in total. The molecular formula is C19H21ClFN3O3S. The van der Waals surface area contributed by atoms with Gasteiger partial charge < -0.3 is 15.2 Å². The molecule has 0 spiro atoms. The molecule has 3 fully saturated rings. The smallest absolute Gasteiger partial charge is 0.280 e. The quantitative estimate of drug-likeness (QED) is 0.594. The molecule has 3 saturated carbocycles. The molecule has 0 radical (unpaired) electrons. The van der Waals surface area contributed by atoms with E-state index in [2.05, 4.69) is 15.6 Å². The van der Waals surface area contributed by atoms with Gasteiger partial charge in [0.2, 0.25) is 0 Å². The standard InChI is InChI=1S/C19H21ClFN3O3S/c1-10-11(2)28-17(22-10)16(26)24-19-7-18(8-19,9-19)23-15(25)6-27-12-3-4-13(20)14(21)5-12/h3-5,15,23,25H,6-9H2,1-2H3,(H,24,26). The van der Waals surface area contributed by atoms with Crippen molar-refractivity contribution in [2.75, 3.05) is 6.61 Å². The lowest BCUT2D eigenvalue weighted by atomic mass is 9.44. The molecule has 1 atom stereocenters. The van der Waals surface area contributed by atoms with Gasteiger partial charge in [-0.25, -0.2) is 9.37 Å². The Balaban J connectivity index is 1.24. The van der Waals surface area contributed by atoms with Gasteiger partial charge in [0, 0.05) is 22.0 Å². The normalized spacial score (nSPS) is 26.2. The Hall–Kier alpha value is -1.74. The summed E-state index contributed by atoms with van der Waals surface area (Å²) in [6, 6.07) is 4.14. The summed E-state index contributed by atoms with van der Waals surface area (Å²) < 4.78 is 18.8. The number of thiazole rings is 1. The minimum absolute atomic E-state index is 0.0140. The van der Waals surface area contributed by atoms with Gasteiger partial charge in [0.05, 0.1) is 10.7 Å². The molecule has 0 aliphatic heterocycles. The Morgan fingerprint density at radius 2 is 2.11 bits per heavy atom. The highest BCUT2D eigenvalue weighted by Gasteiger charge is 2.69. The maximum atomic E-state index is 13.4. The average Bonchev–Trinajstić information content (AvgIpc) is 2.92. The van der Waals surface area contributed by atoms with Crippen molar-refractivity contribution in [2.24, 2.45) is 0 Å². The Kier molecular flexibility index (Phi) is 4.86. The first-order chi connectivity index (χ1) is 13.2. The van der Waals surface area contributed by atoms with E-state index in [4.69, 9.17) is 16.3 Å². The number of benzene rings is 1. The second-order valence-electron chi connectivity index (χ2n) is 7.75. The molecule has 1 aromatic heterocycles. The van der Waals surface area contributed by atoms with E-state index < -0.39 is 12.0 Å². The summed E-state index contributed by atoms with van der Waals surface area (Å²) >= 11 is 7.03. The molecule has 150 valence electrons. The molecule has 0 saturated heterocycles. The summed E-state index contributed by atoms with van der Waals surface area (Å²) in [4.78, 5) is 17.7. The van der Waals surface area contributed by atoms with E-state index in [1.165, 1.54) is 23.5 Å². The number of hydrogen-bond donors (Lipinski definition) is 3. The first kappa shape index (κ1) is 19.6. The fraction of sp³-hybridized carbons (Fsp3) is 0.474. The van der Waals surface area contributed by atoms with Crippen molar-refractivity contribution >= 4 is 28.8 Å². The van der Waals surface area contributed by atoms with Gasteiger partial charge in [0.15, 0.2) is 5.01 Å². The Morgan fingerprint density at radius 1 is 1.39 bits per heavy atom. The largest absolute Gasteiger partial charge is 0.489 e. The van der Waals surface area contributed by atoms with E-state index in [0.29, 0.717) is 10.8 Å². The Labute approximate surface area is 171 Å². The van der Waals surface area contributed by atoms with Crippen molar-refractivity contribution in [3.63, 3.8) is 0 Å². The van der Waals surface area contributed by atoms with Crippen LogP contribution in [0.25, 0.3) is 0 Å². The summed E-state index contributed by atoms with van der Waals surface area (Å²) in [5.41, 5.74) is 0.488. The SMILES string of the molecule is Cc1nc(C(=O)NC23CC(NC(O)COc4ccc(Cl)c(F)c4)(C2)C3)sc1C. The van der Waals surface area contributed by atoms with E-state index in [1.54, 1.807) is 6.07 Å². The van der Waals surface area contributed by atoms with Crippen LogP contribution in [-0.2, 0) is 0 Å². The van der Waals surface area contributed by atoms with Gasteiger partial charge >= 0.3 is 0 Å². The molecule has 28 heavy (non-hydrogen) atoms. The van der Waals surface area contributed by atoms with Crippen molar-refractivity contribution in [2.45, 2.75) is 50.4 Å². The number of aliphatic hydroxyl groups excluding tert-OH is 1. The third kappa shape index (κ3) is 3.61. The van der Waals surface area contributed by atoms with Gasteiger partial charge in [0.25, 0.3) is 5.91 Å². The highest BCUT2D eigenvalue weighted by Crippen LogP contribution is 2.60. The summed E-state index contributed by atoms with van der Waals surface area (Å²) in [6.45, 7) is 3.83. The number of carbonyl (C=O) groups is 1. The number of hydrogen-bond acceptors (Lipinski definition) is 6. The van der Waals surface area contributed by atoms with E-state index in [1.807, 2.05) is 13.8 Å². The van der Waals surface area contributed by atoms with Crippen LogP contribution < -0.4 is 15.4 Å². The molecular weight excluding hydrogens is 405 g/mol. The number of ether oxygens (including phenoxy) is 1. The fourth-order valence-electron chi connectivity index (χ4n) is 4.07. The van der Waals surface area contributed by atoms with Crippen LogP contribution in [0.4, 0.5) is 4.39 Å². The van der Waals surface area contributed by atoms with Gasteiger partial charge in [-0.05, 0) is 45.2 Å². The number of aryl methyl sites for hydroxylation is 2. The zero-order chi connectivity index (χ0) is 20.1. The maximum Gasteiger partial charge on any atom is 0.280 e. The van der Waals surface area contributed by atoms with Crippen LogP contribution in [0.15, 0.2) is 18.2 Å². The Morgan fingerprint density at radius 3 is 2.71 bits per heavy atom. The molecule has 5 rings (SSSR count). The first-order valence-corrected chi connectivity index (χ1v) is 10.2. The summed E-state index contributed by atoms with van der Waals surface area (Å²) in [6.07, 6.45) is 1.36. The van der Waals surface area contributed by atoms with Crippen LogP contribution in [0.1, 0.15) is 39.6 Å². The Bertz CT molecular complexity index is 896. The van der Waals surface area contributed by atoms with Crippen molar-refractivity contribution in [1.29, 1.82) is 0 Å². The summed E-state index contributed by atoms with van der Waals surface area (Å²) in [5, 5.41) is 16.9. The zero-order valence-corrected chi connectivity index (χ0v) is 17.1. The van der Waals surface area contributed by atoms with Crippen LogP contribution in [0.5, 0.6) is 5.75 Å². The lowest BCUT2D eigenvalue weighted by Gasteiger charge is -2.71. The zero-order valence-electron chi connectivity index (χ0n) is 15.5. The van der Waals surface area contributed by atoms with Crippen LogP contribution in [0.3, 0.4) is 0 Å². The molecule has 1 aromatic carbocycles. The molecule has 1 amide bonds. The fourth-order valence-corrected chi connectivity index (χ4v) is 5.00. The summed E-state index contributed by atoms with van der Waals surface area (Å²) in [7, 11) is 0. The second-order valence-corrected chi connectivity index (χ2v) is 9.36. The van der Waals surface area contributed by atoms with Crippen molar-refractivity contribution in [1.82, 2.24) is 15.6 Å². The van der Waals surface area contributed by atoms with Crippen LogP contribution in [0.2, 0.25) is 5.02 Å². The number of nitrogens with one attached hydrogen (secondary N) is 2. The second kappa shape index (κ2) is 6.95. The van der Waals surface area contributed by atoms with E-state index in [-0.39, 0.29) is 28.6 Å². The molecule has 3 aliphatic carbocycles. The predicted octanol–water partition coefficient (Wildman–Crippen LogP) is 2.94. The van der Waals surface area contributed by atoms with Gasteiger partial charge in [-0.3, -0.25) is 10.1 Å². The number of aromatic nitrogens is 1. The van der Waals surface area contributed by atoms with Gasteiger partial charge in [-0.1, -0.05) is 11.6 Å². The minimum atomic E-state index is -0.892. The molecule has 6 nitrogen and oxygen atoms in total. The monoisotopic (exact) mass is 425 g/mol. The average molecular weight is 426 g/mol. The van der Waals surface area contributed by atoms with Crippen molar-refractivity contribution in [3.05, 3.63) is 44.6 Å². The predicted molar refractivity (Wildman–Crippen MR) is 104 cm³/mol. The highest BCUT2D eigenvalue weighted by atomic mass is 35.5. The molecule has 9 heteroatoms. The van der Waals surface area contributed by atoms with Gasteiger partial charge in [-0.2, -0.15) is 0 Å². The number of carbonyl (C=O) groups excluding carboxylic acids is 1. The first-order valence-electron chi connectivity index (χ1n) is 8.99. The number of amides is 1. The lowest BCUT2D eigenvalue weighted by Crippen LogP contribution is -2.84. The van der Waals surface area contributed by atoms with E-state index in [0.717, 1.165) is 29.8 Å². The van der Waals surface area contributed by atoms with Gasteiger partial charge in [0.1, 0.15) is 24.4 Å². The maximum absolute atomic E-state index is 13.4. The molecule has 3 aliphatic rings.